The lowest BCUT2D eigenvalue weighted by atomic mass is 10.1. The van der Waals surface area contributed by atoms with Gasteiger partial charge >= 0.3 is 0 Å². The van der Waals surface area contributed by atoms with Gasteiger partial charge in [0, 0.05) is 38.1 Å². The molecule has 0 unspecified atom stereocenters. The van der Waals surface area contributed by atoms with Crippen molar-refractivity contribution in [2.75, 3.05) is 20.1 Å². The molecule has 0 spiro atoms. The van der Waals surface area contributed by atoms with E-state index in [1.807, 2.05) is 36.4 Å². The molecule has 1 fully saturated rings. The normalized spacial score (nSPS) is 15.5. The van der Waals surface area contributed by atoms with Gasteiger partial charge in [0.25, 0.3) is 0 Å². The molecule has 2 aromatic rings. The number of hydrogen-bond acceptors (Lipinski definition) is 3. The van der Waals surface area contributed by atoms with Crippen LogP contribution in [0.5, 0.6) is 0 Å². The van der Waals surface area contributed by atoms with Gasteiger partial charge < -0.3 is 4.90 Å². The Morgan fingerprint density at radius 2 is 1.67 bits per heavy atom. The molecule has 0 radical (unpaired) electrons. The highest BCUT2D eigenvalue weighted by Crippen LogP contribution is 2.21. The predicted octanol–water partition coefficient (Wildman–Crippen LogP) is 4.50. The number of aryl methyl sites for hydroxylation is 1. The monoisotopic (exact) mass is 448 g/mol. The third-order valence-corrected chi connectivity index (χ3v) is 7.64. The molecule has 0 aliphatic carbocycles. The molecule has 0 atom stereocenters. The molecule has 2 aromatic carbocycles. The van der Waals surface area contributed by atoms with Crippen molar-refractivity contribution in [3.63, 3.8) is 0 Å². The van der Waals surface area contributed by atoms with Crippen molar-refractivity contribution in [1.29, 1.82) is 0 Å². The maximum Gasteiger partial charge on any atom is 0.243 e. The van der Waals surface area contributed by atoms with Crippen molar-refractivity contribution in [2.24, 2.45) is 0 Å². The standard InChI is InChI=1S/C23H29ClN2O3S/c1-25(18-20-7-6-8-21(24)17-20)23(27)14-11-19-9-12-22(13-10-19)30(28,29)26-15-4-2-3-5-16-26/h6-10,12-13,17H,2-5,11,14-16,18H2,1H3. The lowest BCUT2D eigenvalue weighted by Gasteiger charge is -2.20. The molecule has 30 heavy (non-hydrogen) atoms. The summed E-state index contributed by atoms with van der Waals surface area (Å²) in [7, 11) is -1.66. The van der Waals surface area contributed by atoms with Crippen LogP contribution in [0.25, 0.3) is 0 Å². The Hall–Kier alpha value is -1.89. The van der Waals surface area contributed by atoms with Crippen LogP contribution in [0, 0.1) is 0 Å². The molecule has 1 aliphatic heterocycles. The fourth-order valence-corrected chi connectivity index (χ4v) is 5.43. The van der Waals surface area contributed by atoms with E-state index in [0.29, 0.717) is 42.4 Å². The second-order valence-corrected chi connectivity index (χ2v) is 10.2. The second-order valence-electron chi connectivity index (χ2n) is 7.84. The van der Waals surface area contributed by atoms with Gasteiger partial charge in [-0.3, -0.25) is 4.79 Å². The number of halogens is 1. The molecule has 1 amide bonds. The van der Waals surface area contributed by atoms with Crippen molar-refractivity contribution in [3.8, 4) is 0 Å². The van der Waals surface area contributed by atoms with E-state index in [-0.39, 0.29) is 5.91 Å². The number of hydrogen-bond donors (Lipinski definition) is 0. The molecule has 1 heterocycles. The topological polar surface area (TPSA) is 57.7 Å². The third-order valence-electron chi connectivity index (χ3n) is 5.49. The Bertz CT molecular complexity index is 953. The Morgan fingerprint density at radius 1 is 1.00 bits per heavy atom. The third kappa shape index (κ3) is 6.06. The highest BCUT2D eigenvalue weighted by Gasteiger charge is 2.24. The van der Waals surface area contributed by atoms with Gasteiger partial charge in [-0.05, 0) is 54.7 Å². The average Bonchev–Trinajstić information content (AvgIpc) is 3.02. The molecular formula is C23H29ClN2O3S. The minimum Gasteiger partial charge on any atom is -0.341 e. The van der Waals surface area contributed by atoms with Gasteiger partial charge in [0.15, 0.2) is 0 Å². The van der Waals surface area contributed by atoms with Crippen molar-refractivity contribution in [3.05, 3.63) is 64.7 Å². The van der Waals surface area contributed by atoms with E-state index in [1.54, 1.807) is 28.4 Å². The molecule has 3 rings (SSSR count). The van der Waals surface area contributed by atoms with E-state index in [2.05, 4.69) is 0 Å². The van der Waals surface area contributed by atoms with Crippen LogP contribution in [0.4, 0.5) is 0 Å². The smallest absolute Gasteiger partial charge is 0.243 e. The van der Waals surface area contributed by atoms with Crippen molar-refractivity contribution in [1.82, 2.24) is 9.21 Å². The Labute approximate surface area is 184 Å². The zero-order valence-corrected chi connectivity index (χ0v) is 19.0. The lowest BCUT2D eigenvalue weighted by molar-refractivity contribution is -0.130. The molecule has 0 aromatic heterocycles. The molecule has 7 heteroatoms. The van der Waals surface area contributed by atoms with Crippen molar-refractivity contribution < 1.29 is 13.2 Å². The molecule has 1 saturated heterocycles. The Kier molecular flexibility index (Phi) is 7.92. The first-order valence-electron chi connectivity index (χ1n) is 10.4. The summed E-state index contributed by atoms with van der Waals surface area (Å²) in [6.45, 7) is 1.70. The van der Waals surface area contributed by atoms with E-state index in [4.69, 9.17) is 11.6 Å². The van der Waals surface area contributed by atoms with Crippen LogP contribution < -0.4 is 0 Å². The minimum absolute atomic E-state index is 0.0382. The van der Waals surface area contributed by atoms with Gasteiger partial charge in [-0.2, -0.15) is 4.31 Å². The Morgan fingerprint density at radius 3 is 2.30 bits per heavy atom. The fraction of sp³-hybridized carbons (Fsp3) is 0.435. The van der Waals surface area contributed by atoms with Crippen molar-refractivity contribution in [2.45, 2.75) is 50.0 Å². The molecule has 1 aliphatic rings. The first-order valence-corrected chi connectivity index (χ1v) is 12.3. The zero-order chi connectivity index (χ0) is 21.6. The molecular weight excluding hydrogens is 420 g/mol. The van der Waals surface area contributed by atoms with Gasteiger partial charge in [0.1, 0.15) is 0 Å². The lowest BCUT2D eigenvalue weighted by Crippen LogP contribution is -2.31. The summed E-state index contributed by atoms with van der Waals surface area (Å²) in [5.41, 5.74) is 1.94. The summed E-state index contributed by atoms with van der Waals surface area (Å²) in [6.07, 6.45) is 4.96. The van der Waals surface area contributed by atoms with E-state index in [0.717, 1.165) is 36.8 Å². The quantitative estimate of drug-likeness (QED) is 0.626. The summed E-state index contributed by atoms with van der Waals surface area (Å²) in [4.78, 5) is 14.5. The second kappa shape index (κ2) is 10.4. The van der Waals surface area contributed by atoms with Gasteiger partial charge in [-0.25, -0.2) is 8.42 Å². The first-order chi connectivity index (χ1) is 14.4. The number of sulfonamides is 1. The van der Waals surface area contributed by atoms with E-state index in [9.17, 15) is 13.2 Å². The van der Waals surface area contributed by atoms with Gasteiger partial charge in [0.05, 0.1) is 4.90 Å². The van der Waals surface area contributed by atoms with E-state index < -0.39 is 10.0 Å². The van der Waals surface area contributed by atoms with Crippen LogP contribution in [0.2, 0.25) is 5.02 Å². The van der Waals surface area contributed by atoms with Gasteiger partial charge in [-0.1, -0.05) is 48.7 Å². The number of carbonyl (C=O) groups is 1. The Balaban J connectivity index is 1.55. The number of nitrogens with zero attached hydrogens (tertiary/aromatic N) is 2. The van der Waals surface area contributed by atoms with Gasteiger partial charge in [0.2, 0.25) is 15.9 Å². The maximum atomic E-state index is 12.9. The molecule has 0 N–H and O–H groups in total. The first kappa shape index (κ1) is 22.8. The number of carbonyl (C=O) groups excluding carboxylic acids is 1. The van der Waals surface area contributed by atoms with Crippen LogP contribution in [0.3, 0.4) is 0 Å². The van der Waals surface area contributed by atoms with E-state index >= 15 is 0 Å². The SMILES string of the molecule is CN(Cc1cccc(Cl)c1)C(=O)CCc1ccc(S(=O)(=O)N2CCCCCC2)cc1. The minimum atomic E-state index is -3.44. The highest BCUT2D eigenvalue weighted by molar-refractivity contribution is 7.89. The van der Waals surface area contributed by atoms with Crippen LogP contribution >= 0.6 is 11.6 Å². The summed E-state index contributed by atoms with van der Waals surface area (Å²) in [6, 6.07) is 14.4. The highest BCUT2D eigenvalue weighted by atomic mass is 35.5. The molecule has 162 valence electrons. The largest absolute Gasteiger partial charge is 0.341 e. The van der Waals surface area contributed by atoms with Crippen LogP contribution in [0.1, 0.15) is 43.2 Å². The van der Waals surface area contributed by atoms with Crippen LogP contribution in [-0.4, -0.2) is 43.7 Å². The zero-order valence-electron chi connectivity index (χ0n) is 17.4. The van der Waals surface area contributed by atoms with Crippen LogP contribution in [0.15, 0.2) is 53.4 Å². The van der Waals surface area contributed by atoms with Crippen LogP contribution in [-0.2, 0) is 27.8 Å². The number of benzene rings is 2. The summed E-state index contributed by atoms with van der Waals surface area (Å²) >= 11 is 6.00. The summed E-state index contributed by atoms with van der Waals surface area (Å²) < 4.78 is 27.3. The number of amides is 1. The maximum absolute atomic E-state index is 12.9. The van der Waals surface area contributed by atoms with Gasteiger partial charge in [-0.15, -0.1) is 0 Å². The van der Waals surface area contributed by atoms with Crippen molar-refractivity contribution >= 4 is 27.5 Å². The summed E-state index contributed by atoms with van der Waals surface area (Å²) in [5.74, 6) is 0.0382. The predicted molar refractivity (Wildman–Crippen MR) is 120 cm³/mol. The van der Waals surface area contributed by atoms with E-state index in [1.165, 1.54) is 0 Å². The molecule has 5 nitrogen and oxygen atoms in total. The molecule has 0 saturated carbocycles. The number of rotatable bonds is 7. The average molecular weight is 449 g/mol. The summed E-state index contributed by atoms with van der Waals surface area (Å²) in [5, 5.41) is 0.656. The molecule has 0 bridgehead atoms. The fourth-order valence-electron chi connectivity index (χ4n) is 3.70.